The number of halogens is 1. The number of sulfonamides is 1. The van der Waals surface area contributed by atoms with Crippen molar-refractivity contribution < 1.29 is 12.8 Å². The molecule has 1 N–H and O–H groups in total. The first-order valence-corrected chi connectivity index (χ1v) is 8.61. The summed E-state index contributed by atoms with van der Waals surface area (Å²) in [5.41, 5.74) is 0.506. The third-order valence-corrected chi connectivity index (χ3v) is 4.67. The standard InChI is InChI=1S/C15H14FN5O2S/c16-13-6-4-5-12(11-13)15-18-20-21(19-15)10-9-17-24(22,23)14-7-2-1-3-8-14/h1-8,11,17H,9-10H2. The lowest BCUT2D eigenvalue weighted by Gasteiger charge is -2.05. The third kappa shape index (κ3) is 3.81. The van der Waals surface area contributed by atoms with E-state index < -0.39 is 10.0 Å². The monoisotopic (exact) mass is 347 g/mol. The normalized spacial score (nSPS) is 11.5. The summed E-state index contributed by atoms with van der Waals surface area (Å²) >= 11 is 0. The van der Waals surface area contributed by atoms with E-state index in [2.05, 4.69) is 20.1 Å². The van der Waals surface area contributed by atoms with Crippen LogP contribution in [0.15, 0.2) is 59.5 Å². The Labute approximate surface area is 138 Å². The Morgan fingerprint density at radius 2 is 1.88 bits per heavy atom. The van der Waals surface area contributed by atoms with E-state index in [1.165, 1.54) is 29.1 Å². The maximum atomic E-state index is 13.2. The molecular formula is C15H14FN5O2S. The lowest BCUT2D eigenvalue weighted by Crippen LogP contribution is -2.28. The lowest BCUT2D eigenvalue weighted by atomic mass is 10.2. The second-order valence-corrected chi connectivity index (χ2v) is 6.70. The van der Waals surface area contributed by atoms with Crippen molar-refractivity contribution in [2.45, 2.75) is 11.4 Å². The number of aromatic nitrogens is 4. The number of nitrogens with zero attached hydrogens (tertiary/aromatic N) is 4. The quantitative estimate of drug-likeness (QED) is 0.729. The van der Waals surface area contributed by atoms with Crippen molar-refractivity contribution >= 4 is 10.0 Å². The summed E-state index contributed by atoms with van der Waals surface area (Å²) < 4.78 is 39.8. The molecule has 0 aliphatic heterocycles. The minimum atomic E-state index is -3.57. The van der Waals surface area contributed by atoms with Crippen LogP contribution in [0.1, 0.15) is 0 Å². The maximum absolute atomic E-state index is 13.2. The first-order valence-electron chi connectivity index (χ1n) is 7.13. The summed E-state index contributed by atoms with van der Waals surface area (Å²) in [5, 5.41) is 11.8. The number of rotatable bonds is 6. The molecule has 3 aromatic rings. The molecule has 24 heavy (non-hydrogen) atoms. The number of hydrogen-bond acceptors (Lipinski definition) is 5. The zero-order chi connectivity index (χ0) is 17.0. The SMILES string of the molecule is O=S(=O)(NCCn1nnc(-c2cccc(F)c2)n1)c1ccccc1. The summed E-state index contributed by atoms with van der Waals surface area (Å²) in [7, 11) is -3.57. The first kappa shape index (κ1) is 16.2. The highest BCUT2D eigenvalue weighted by molar-refractivity contribution is 7.89. The van der Waals surface area contributed by atoms with Crippen molar-refractivity contribution in [2.75, 3.05) is 6.54 Å². The zero-order valence-electron chi connectivity index (χ0n) is 12.5. The number of benzene rings is 2. The van der Waals surface area contributed by atoms with Crippen LogP contribution in [0.25, 0.3) is 11.4 Å². The summed E-state index contributed by atoms with van der Waals surface area (Å²) in [6, 6.07) is 13.9. The Hall–Kier alpha value is -2.65. The third-order valence-electron chi connectivity index (χ3n) is 3.19. The van der Waals surface area contributed by atoms with Gasteiger partial charge in [0.1, 0.15) is 5.82 Å². The van der Waals surface area contributed by atoms with Crippen molar-refractivity contribution in [1.29, 1.82) is 0 Å². The maximum Gasteiger partial charge on any atom is 0.240 e. The van der Waals surface area contributed by atoms with Gasteiger partial charge in [-0.1, -0.05) is 30.3 Å². The molecule has 0 unspecified atom stereocenters. The Bertz CT molecular complexity index is 928. The fourth-order valence-electron chi connectivity index (χ4n) is 2.04. The predicted molar refractivity (Wildman–Crippen MR) is 84.8 cm³/mol. The van der Waals surface area contributed by atoms with Crippen molar-refractivity contribution in [1.82, 2.24) is 24.9 Å². The van der Waals surface area contributed by atoms with E-state index in [9.17, 15) is 12.8 Å². The molecule has 0 fully saturated rings. The van der Waals surface area contributed by atoms with Gasteiger partial charge in [0.25, 0.3) is 0 Å². The van der Waals surface area contributed by atoms with Gasteiger partial charge in [0, 0.05) is 12.1 Å². The average Bonchev–Trinajstić information content (AvgIpc) is 3.04. The molecule has 124 valence electrons. The predicted octanol–water partition coefficient (Wildman–Crippen LogP) is 1.46. The molecule has 0 radical (unpaired) electrons. The molecule has 7 nitrogen and oxygen atoms in total. The molecule has 0 aliphatic rings. The minimum Gasteiger partial charge on any atom is -0.209 e. The fraction of sp³-hybridized carbons (Fsp3) is 0.133. The zero-order valence-corrected chi connectivity index (χ0v) is 13.3. The largest absolute Gasteiger partial charge is 0.240 e. The molecule has 0 saturated carbocycles. The number of nitrogens with one attached hydrogen (secondary N) is 1. The van der Waals surface area contributed by atoms with Gasteiger partial charge in [-0.3, -0.25) is 0 Å². The molecule has 1 aromatic heterocycles. The lowest BCUT2D eigenvalue weighted by molar-refractivity contribution is 0.511. The molecule has 3 rings (SSSR count). The molecular weight excluding hydrogens is 333 g/mol. The van der Waals surface area contributed by atoms with Crippen LogP contribution in [0.4, 0.5) is 4.39 Å². The van der Waals surface area contributed by atoms with Crippen LogP contribution in [0.2, 0.25) is 0 Å². The summed E-state index contributed by atoms with van der Waals surface area (Å²) in [6.45, 7) is 0.310. The topological polar surface area (TPSA) is 89.8 Å². The molecule has 0 spiro atoms. The molecule has 9 heteroatoms. The highest BCUT2D eigenvalue weighted by Gasteiger charge is 2.13. The smallest absolute Gasteiger partial charge is 0.209 e. The van der Waals surface area contributed by atoms with Gasteiger partial charge < -0.3 is 0 Å². The molecule has 0 amide bonds. The second kappa shape index (κ2) is 6.85. The Kier molecular flexibility index (Phi) is 4.63. The van der Waals surface area contributed by atoms with Gasteiger partial charge in [-0.2, -0.15) is 4.80 Å². The van der Waals surface area contributed by atoms with Crippen LogP contribution < -0.4 is 4.72 Å². The van der Waals surface area contributed by atoms with Gasteiger partial charge in [0.05, 0.1) is 11.4 Å². The number of hydrogen-bond donors (Lipinski definition) is 1. The van der Waals surface area contributed by atoms with Gasteiger partial charge in [0.15, 0.2) is 0 Å². The minimum absolute atomic E-state index is 0.107. The summed E-state index contributed by atoms with van der Waals surface area (Å²) in [4.78, 5) is 1.45. The van der Waals surface area contributed by atoms with Crippen LogP contribution in [-0.2, 0) is 16.6 Å². The van der Waals surface area contributed by atoms with Crippen LogP contribution >= 0.6 is 0 Å². The Balaban J connectivity index is 1.62. The van der Waals surface area contributed by atoms with E-state index in [0.29, 0.717) is 5.56 Å². The molecule has 0 atom stereocenters. The van der Waals surface area contributed by atoms with Crippen LogP contribution in [-0.4, -0.2) is 35.2 Å². The van der Waals surface area contributed by atoms with Crippen molar-refractivity contribution in [3.05, 3.63) is 60.4 Å². The van der Waals surface area contributed by atoms with Crippen molar-refractivity contribution in [3.63, 3.8) is 0 Å². The Morgan fingerprint density at radius 3 is 2.62 bits per heavy atom. The van der Waals surface area contributed by atoms with Gasteiger partial charge in [-0.25, -0.2) is 17.5 Å². The van der Waals surface area contributed by atoms with E-state index in [0.717, 1.165) is 0 Å². The van der Waals surface area contributed by atoms with E-state index >= 15 is 0 Å². The highest BCUT2D eigenvalue weighted by atomic mass is 32.2. The van der Waals surface area contributed by atoms with Gasteiger partial charge in [-0.15, -0.1) is 10.2 Å². The van der Waals surface area contributed by atoms with Gasteiger partial charge in [0.2, 0.25) is 15.8 Å². The van der Waals surface area contributed by atoms with Crippen molar-refractivity contribution in [2.24, 2.45) is 0 Å². The van der Waals surface area contributed by atoms with Gasteiger partial charge >= 0.3 is 0 Å². The van der Waals surface area contributed by atoms with E-state index in [1.807, 2.05) is 0 Å². The average molecular weight is 347 g/mol. The molecule has 0 aliphatic carbocycles. The van der Waals surface area contributed by atoms with E-state index in [1.54, 1.807) is 30.3 Å². The van der Waals surface area contributed by atoms with Crippen LogP contribution in [0.3, 0.4) is 0 Å². The molecule has 2 aromatic carbocycles. The van der Waals surface area contributed by atoms with Crippen molar-refractivity contribution in [3.8, 4) is 11.4 Å². The number of tetrazole rings is 1. The summed E-state index contributed by atoms with van der Waals surface area (Å²) in [5.74, 6) is -0.111. The highest BCUT2D eigenvalue weighted by Crippen LogP contribution is 2.14. The van der Waals surface area contributed by atoms with E-state index in [4.69, 9.17) is 0 Å². The Morgan fingerprint density at radius 1 is 1.08 bits per heavy atom. The second-order valence-electron chi connectivity index (χ2n) is 4.93. The molecule has 0 bridgehead atoms. The van der Waals surface area contributed by atoms with Crippen LogP contribution in [0, 0.1) is 5.82 Å². The first-order chi connectivity index (χ1) is 11.5. The van der Waals surface area contributed by atoms with E-state index in [-0.39, 0.29) is 29.6 Å². The van der Waals surface area contributed by atoms with Crippen LogP contribution in [0.5, 0.6) is 0 Å². The fourth-order valence-corrected chi connectivity index (χ4v) is 3.09. The van der Waals surface area contributed by atoms with Gasteiger partial charge in [-0.05, 0) is 29.5 Å². The molecule has 0 saturated heterocycles. The summed E-state index contributed by atoms with van der Waals surface area (Å²) in [6.07, 6.45) is 0. The molecule has 1 heterocycles.